The van der Waals surface area contributed by atoms with Gasteiger partial charge >= 0.3 is 5.97 Å². The molecule has 0 spiro atoms. The summed E-state index contributed by atoms with van der Waals surface area (Å²) in [6.45, 7) is 1.77. The van der Waals surface area contributed by atoms with Gasteiger partial charge in [-0.25, -0.2) is 0 Å². The van der Waals surface area contributed by atoms with Crippen molar-refractivity contribution in [2.45, 2.75) is 57.8 Å². The first kappa shape index (κ1) is 16.7. The Balaban J connectivity index is 1.25. The van der Waals surface area contributed by atoms with Gasteiger partial charge in [-0.15, -0.1) is 0 Å². The average molecular weight is 358 g/mol. The third kappa shape index (κ3) is 2.29. The molecular formula is C21H26O5. The van der Waals surface area contributed by atoms with Crippen molar-refractivity contribution in [1.29, 1.82) is 0 Å². The lowest BCUT2D eigenvalue weighted by molar-refractivity contribution is -0.194. The number of hydrogen-bond donors (Lipinski definition) is 0. The normalized spacial score (nSPS) is 44.6. The SMILES string of the molecule is CC(OC(=O)C1CC2C(=O)C1C1C3C=CC(C3=O)C21)OC1CCCCC1. The van der Waals surface area contributed by atoms with Crippen LogP contribution in [-0.4, -0.2) is 29.9 Å². The Morgan fingerprint density at radius 3 is 2.46 bits per heavy atom. The van der Waals surface area contributed by atoms with Crippen molar-refractivity contribution < 1.29 is 23.9 Å². The molecule has 140 valence electrons. The van der Waals surface area contributed by atoms with Crippen molar-refractivity contribution in [3.05, 3.63) is 12.2 Å². The lowest BCUT2D eigenvalue weighted by atomic mass is 9.69. The summed E-state index contributed by atoms with van der Waals surface area (Å²) in [6.07, 6.45) is 9.71. The van der Waals surface area contributed by atoms with Crippen molar-refractivity contribution in [1.82, 2.24) is 0 Å². The Bertz CT molecular complexity index is 676. The summed E-state index contributed by atoms with van der Waals surface area (Å²) in [5.74, 6) is -0.821. The van der Waals surface area contributed by atoms with Crippen molar-refractivity contribution in [2.24, 2.45) is 41.4 Å². The van der Waals surface area contributed by atoms with E-state index in [0.717, 1.165) is 12.8 Å². The maximum Gasteiger partial charge on any atom is 0.311 e. The molecule has 5 heteroatoms. The van der Waals surface area contributed by atoms with Gasteiger partial charge in [0.1, 0.15) is 11.6 Å². The van der Waals surface area contributed by atoms with E-state index in [-0.39, 0.29) is 59.1 Å². The van der Waals surface area contributed by atoms with Gasteiger partial charge < -0.3 is 9.47 Å². The van der Waals surface area contributed by atoms with E-state index in [0.29, 0.717) is 6.42 Å². The first-order valence-corrected chi connectivity index (χ1v) is 10.2. The third-order valence-electron chi connectivity index (χ3n) is 7.49. The molecule has 0 amide bonds. The number of fused-ring (bicyclic) bond motifs is 9. The number of allylic oxidation sites excluding steroid dienone is 2. The summed E-state index contributed by atoms with van der Waals surface area (Å²) < 4.78 is 11.5. The van der Waals surface area contributed by atoms with Crippen LogP contribution in [0.4, 0.5) is 0 Å². The van der Waals surface area contributed by atoms with Gasteiger partial charge in [-0.2, -0.15) is 0 Å². The second kappa shape index (κ2) is 6.01. The highest BCUT2D eigenvalue weighted by Crippen LogP contribution is 2.64. The molecule has 8 atom stereocenters. The first-order valence-electron chi connectivity index (χ1n) is 10.2. The predicted octanol–water partition coefficient (Wildman–Crippen LogP) is 2.68. The maximum absolute atomic E-state index is 12.8. The molecule has 0 radical (unpaired) electrons. The average Bonchev–Trinajstić information content (AvgIpc) is 3.32. The van der Waals surface area contributed by atoms with Crippen LogP contribution in [0.2, 0.25) is 0 Å². The number of hydrogen-bond acceptors (Lipinski definition) is 5. The molecule has 4 fully saturated rings. The molecular weight excluding hydrogens is 332 g/mol. The molecule has 0 heterocycles. The second-order valence-electron chi connectivity index (χ2n) is 8.77. The summed E-state index contributed by atoms with van der Waals surface area (Å²) in [5.41, 5.74) is 0. The lowest BCUT2D eigenvalue weighted by Crippen LogP contribution is -2.37. The molecule has 5 nitrogen and oxygen atoms in total. The minimum absolute atomic E-state index is 0.0240. The quantitative estimate of drug-likeness (QED) is 0.334. The van der Waals surface area contributed by atoms with E-state index in [2.05, 4.69) is 0 Å². The van der Waals surface area contributed by atoms with Crippen molar-refractivity contribution >= 4 is 17.5 Å². The molecule has 8 unspecified atom stereocenters. The van der Waals surface area contributed by atoms with Crippen molar-refractivity contribution in [2.75, 3.05) is 0 Å². The fraction of sp³-hybridized carbons (Fsp3) is 0.762. The Morgan fingerprint density at radius 2 is 1.73 bits per heavy atom. The highest BCUT2D eigenvalue weighted by molar-refractivity contribution is 6.01. The molecule has 0 saturated heterocycles. The predicted molar refractivity (Wildman–Crippen MR) is 91.7 cm³/mol. The van der Waals surface area contributed by atoms with E-state index in [1.165, 1.54) is 19.3 Å². The van der Waals surface area contributed by atoms with E-state index >= 15 is 0 Å². The first-order chi connectivity index (χ1) is 12.6. The highest BCUT2D eigenvalue weighted by atomic mass is 16.7. The van der Waals surface area contributed by atoms with Gasteiger partial charge in [-0.3, -0.25) is 14.4 Å². The molecule has 26 heavy (non-hydrogen) atoms. The van der Waals surface area contributed by atoms with Crippen LogP contribution in [0.3, 0.4) is 0 Å². The molecule has 5 rings (SSSR count). The van der Waals surface area contributed by atoms with Gasteiger partial charge in [0, 0.05) is 23.7 Å². The molecule has 0 aromatic carbocycles. The van der Waals surface area contributed by atoms with Gasteiger partial charge in [0.25, 0.3) is 0 Å². The number of Topliss-reactive ketones (excluding diaryl/α,β-unsaturated/α-hetero) is 2. The Kier molecular flexibility index (Phi) is 3.85. The lowest BCUT2D eigenvalue weighted by Gasteiger charge is -2.33. The molecule has 4 bridgehead atoms. The molecule has 5 aliphatic rings. The number of carbonyl (C=O) groups is 3. The standard InChI is InChI=1S/C21H26O5/c1-10(25-11-5-3-2-4-6-11)26-21(24)15-9-14-16-12-7-8-13(19(12)22)17(16)18(15)20(14)23/h7-8,10-18H,2-6,9H2,1H3. The third-order valence-corrected chi connectivity index (χ3v) is 7.49. The van der Waals surface area contributed by atoms with Crippen LogP contribution in [0.15, 0.2) is 12.2 Å². The van der Waals surface area contributed by atoms with Crippen LogP contribution < -0.4 is 0 Å². The molecule has 0 aromatic heterocycles. The zero-order valence-electron chi connectivity index (χ0n) is 15.1. The molecule has 5 aliphatic carbocycles. The smallest absolute Gasteiger partial charge is 0.311 e. The Morgan fingerprint density at radius 1 is 1.04 bits per heavy atom. The minimum Gasteiger partial charge on any atom is -0.436 e. The maximum atomic E-state index is 12.8. The van der Waals surface area contributed by atoms with Gasteiger partial charge in [0.2, 0.25) is 0 Å². The van der Waals surface area contributed by atoms with E-state index in [4.69, 9.17) is 9.47 Å². The van der Waals surface area contributed by atoms with Crippen LogP contribution in [0.5, 0.6) is 0 Å². The minimum atomic E-state index is -0.572. The number of ether oxygens (including phenoxy) is 2. The van der Waals surface area contributed by atoms with Crippen LogP contribution in [0.1, 0.15) is 45.4 Å². The molecule has 0 N–H and O–H groups in total. The van der Waals surface area contributed by atoms with Crippen molar-refractivity contribution in [3.8, 4) is 0 Å². The second-order valence-corrected chi connectivity index (χ2v) is 8.77. The van der Waals surface area contributed by atoms with Crippen LogP contribution in [0.25, 0.3) is 0 Å². The summed E-state index contributed by atoms with van der Waals surface area (Å²) >= 11 is 0. The zero-order valence-corrected chi connectivity index (χ0v) is 15.1. The molecule has 0 aliphatic heterocycles. The Hall–Kier alpha value is -1.49. The summed E-state index contributed by atoms with van der Waals surface area (Å²) in [6, 6.07) is 0. The topological polar surface area (TPSA) is 69.7 Å². The monoisotopic (exact) mass is 358 g/mol. The van der Waals surface area contributed by atoms with E-state index < -0.39 is 12.2 Å². The number of ketones is 2. The van der Waals surface area contributed by atoms with Crippen LogP contribution in [-0.2, 0) is 23.9 Å². The number of rotatable bonds is 4. The zero-order chi connectivity index (χ0) is 18.0. The van der Waals surface area contributed by atoms with E-state index in [1.807, 2.05) is 12.2 Å². The fourth-order valence-electron chi connectivity index (χ4n) is 6.53. The van der Waals surface area contributed by atoms with E-state index in [9.17, 15) is 14.4 Å². The summed E-state index contributed by atoms with van der Waals surface area (Å²) in [7, 11) is 0. The van der Waals surface area contributed by atoms with Gasteiger partial charge in [0.05, 0.1) is 12.0 Å². The largest absolute Gasteiger partial charge is 0.436 e. The highest BCUT2D eigenvalue weighted by Gasteiger charge is 2.69. The van der Waals surface area contributed by atoms with E-state index in [1.54, 1.807) is 6.92 Å². The van der Waals surface area contributed by atoms with Crippen LogP contribution >= 0.6 is 0 Å². The summed E-state index contributed by atoms with van der Waals surface area (Å²) in [5, 5.41) is 0. The van der Waals surface area contributed by atoms with Crippen molar-refractivity contribution in [3.63, 3.8) is 0 Å². The van der Waals surface area contributed by atoms with Gasteiger partial charge in [-0.05, 0) is 38.0 Å². The number of carbonyl (C=O) groups excluding carboxylic acids is 3. The molecule has 0 aromatic rings. The summed E-state index contributed by atoms with van der Waals surface area (Å²) in [4.78, 5) is 37.9. The van der Waals surface area contributed by atoms with Gasteiger partial charge in [-0.1, -0.05) is 31.4 Å². The van der Waals surface area contributed by atoms with Gasteiger partial charge in [0.15, 0.2) is 6.29 Å². The molecule has 4 saturated carbocycles. The fourth-order valence-corrected chi connectivity index (χ4v) is 6.53. The van der Waals surface area contributed by atoms with Crippen LogP contribution in [0, 0.1) is 41.4 Å². The number of esters is 1. The Labute approximate surface area is 153 Å².